The Balaban J connectivity index is 1.55. The predicted molar refractivity (Wildman–Crippen MR) is 113 cm³/mol. The number of hydrogen-bond acceptors (Lipinski definition) is 6. The molecule has 3 rings (SSSR count). The molecule has 0 aliphatic rings. The molecule has 9 heteroatoms. The molecule has 3 aromatic rings. The molecule has 0 unspecified atom stereocenters. The van der Waals surface area contributed by atoms with Crippen molar-refractivity contribution in [2.24, 2.45) is 7.05 Å². The highest BCUT2D eigenvalue weighted by atomic mass is 32.2. The molecule has 1 N–H and O–H groups in total. The van der Waals surface area contributed by atoms with Crippen LogP contribution in [0.3, 0.4) is 0 Å². The Labute approximate surface area is 178 Å². The highest BCUT2D eigenvalue weighted by Gasteiger charge is 2.13. The highest BCUT2D eigenvalue weighted by Crippen LogP contribution is 2.29. The van der Waals surface area contributed by atoms with Gasteiger partial charge in [0.2, 0.25) is 5.91 Å². The van der Waals surface area contributed by atoms with Crippen LogP contribution < -0.4 is 14.8 Å². The molecular weight excluding hydrogens is 407 g/mol. The SMILES string of the molecule is CCOc1cc(C)ccc1OCc1nnc(SCC(=O)Nc2ccc(F)cc2)n1C. The molecule has 7 nitrogen and oxygen atoms in total. The fourth-order valence-electron chi connectivity index (χ4n) is 2.60. The lowest BCUT2D eigenvalue weighted by atomic mass is 10.2. The second-order valence-electron chi connectivity index (χ2n) is 6.47. The molecule has 158 valence electrons. The second kappa shape index (κ2) is 10.1. The van der Waals surface area contributed by atoms with Gasteiger partial charge >= 0.3 is 0 Å². The highest BCUT2D eigenvalue weighted by molar-refractivity contribution is 7.99. The van der Waals surface area contributed by atoms with E-state index in [0.29, 0.717) is 34.8 Å². The molecule has 0 saturated heterocycles. The number of nitrogens with one attached hydrogen (secondary N) is 1. The Bertz CT molecular complexity index is 1010. The van der Waals surface area contributed by atoms with E-state index in [0.717, 1.165) is 5.56 Å². The van der Waals surface area contributed by atoms with Gasteiger partial charge < -0.3 is 19.4 Å². The van der Waals surface area contributed by atoms with Crippen LogP contribution >= 0.6 is 11.8 Å². The van der Waals surface area contributed by atoms with E-state index in [9.17, 15) is 9.18 Å². The van der Waals surface area contributed by atoms with Crippen molar-refractivity contribution in [3.8, 4) is 11.5 Å². The summed E-state index contributed by atoms with van der Waals surface area (Å²) < 4.78 is 26.2. The van der Waals surface area contributed by atoms with Gasteiger partial charge in [-0.2, -0.15) is 0 Å². The molecule has 0 atom stereocenters. The van der Waals surface area contributed by atoms with Crippen LogP contribution in [0.4, 0.5) is 10.1 Å². The van der Waals surface area contributed by atoms with Crippen LogP contribution in [0.5, 0.6) is 11.5 Å². The van der Waals surface area contributed by atoms with Gasteiger partial charge in [0, 0.05) is 12.7 Å². The largest absolute Gasteiger partial charge is 0.490 e. The molecule has 0 fully saturated rings. The van der Waals surface area contributed by atoms with Gasteiger partial charge in [0.1, 0.15) is 12.4 Å². The standard InChI is InChI=1S/C21H23FN4O3S/c1-4-28-18-11-14(2)5-10-17(18)29-12-19-24-25-21(26(19)3)30-13-20(27)23-16-8-6-15(22)7-9-16/h5-11H,4,12-13H2,1-3H3,(H,23,27). The van der Waals surface area contributed by atoms with E-state index in [1.54, 1.807) is 4.57 Å². The lowest BCUT2D eigenvalue weighted by molar-refractivity contribution is -0.113. The van der Waals surface area contributed by atoms with Crippen LogP contribution in [0.15, 0.2) is 47.6 Å². The minimum absolute atomic E-state index is 0.149. The summed E-state index contributed by atoms with van der Waals surface area (Å²) in [5.74, 6) is 1.53. The van der Waals surface area contributed by atoms with Crippen molar-refractivity contribution in [3.63, 3.8) is 0 Å². The number of carbonyl (C=O) groups is 1. The lowest BCUT2D eigenvalue weighted by Gasteiger charge is -2.12. The number of rotatable bonds is 9. The van der Waals surface area contributed by atoms with Crippen LogP contribution in [0.1, 0.15) is 18.3 Å². The summed E-state index contributed by atoms with van der Waals surface area (Å²) in [5, 5.41) is 11.6. The monoisotopic (exact) mass is 430 g/mol. The maximum absolute atomic E-state index is 12.9. The van der Waals surface area contributed by atoms with Gasteiger partial charge in [0.15, 0.2) is 22.5 Å². The summed E-state index contributed by atoms with van der Waals surface area (Å²) in [7, 11) is 1.82. The summed E-state index contributed by atoms with van der Waals surface area (Å²) in [4.78, 5) is 12.1. The third-order valence-electron chi connectivity index (χ3n) is 4.14. The smallest absolute Gasteiger partial charge is 0.234 e. The number of benzene rings is 2. The topological polar surface area (TPSA) is 78.3 Å². The van der Waals surface area contributed by atoms with Crippen LogP contribution in [-0.2, 0) is 18.4 Å². The fraction of sp³-hybridized carbons (Fsp3) is 0.286. The van der Waals surface area contributed by atoms with E-state index >= 15 is 0 Å². The Morgan fingerprint density at radius 2 is 1.90 bits per heavy atom. The number of hydrogen-bond donors (Lipinski definition) is 1. The van der Waals surface area contributed by atoms with Crippen molar-refractivity contribution in [3.05, 3.63) is 59.7 Å². The number of aryl methyl sites for hydroxylation is 1. The van der Waals surface area contributed by atoms with Gasteiger partial charge in [-0.25, -0.2) is 4.39 Å². The maximum Gasteiger partial charge on any atom is 0.234 e. The van der Waals surface area contributed by atoms with Gasteiger partial charge in [0.05, 0.1) is 12.4 Å². The van der Waals surface area contributed by atoms with Crippen molar-refractivity contribution >= 4 is 23.4 Å². The van der Waals surface area contributed by atoms with E-state index in [1.807, 2.05) is 39.1 Å². The van der Waals surface area contributed by atoms with E-state index in [4.69, 9.17) is 9.47 Å². The van der Waals surface area contributed by atoms with Gasteiger partial charge in [-0.15, -0.1) is 10.2 Å². The summed E-state index contributed by atoms with van der Waals surface area (Å²) in [6.45, 7) is 4.68. The zero-order valence-electron chi connectivity index (χ0n) is 17.0. The number of nitrogens with zero attached hydrogens (tertiary/aromatic N) is 3. The van der Waals surface area contributed by atoms with E-state index in [1.165, 1.54) is 36.0 Å². The summed E-state index contributed by atoms with van der Waals surface area (Å²) in [5.41, 5.74) is 1.62. The molecule has 0 aliphatic carbocycles. The number of thioether (sulfide) groups is 1. The molecule has 2 aromatic carbocycles. The minimum Gasteiger partial charge on any atom is -0.490 e. The molecule has 0 spiro atoms. The van der Waals surface area contributed by atoms with Gasteiger partial charge in [-0.05, 0) is 55.8 Å². The third-order valence-corrected chi connectivity index (χ3v) is 5.16. The Kier molecular flexibility index (Phi) is 7.29. The third kappa shape index (κ3) is 5.73. The van der Waals surface area contributed by atoms with Gasteiger partial charge in [-0.1, -0.05) is 17.8 Å². The van der Waals surface area contributed by atoms with Crippen molar-refractivity contribution in [1.29, 1.82) is 0 Å². The number of anilines is 1. The van der Waals surface area contributed by atoms with Crippen molar-refractivity contribution in [2.45, 2.75) is 25.6 Å². The molecule has 1 heterocycles. The molecule has 0 radical (unpaired) electrons. The first-order valence-corrected chi connectivity index (χ1v) is 10.4. The summed E-state index contributed by atoms with van der Waals surface area (Å²) in [6, 6.07) is 11.4. The quantitative estimate of drug-likeness (QED) is 0.518. The molecule has 1 aromatic heterocycles. The second-order valence-corrected chi connectivity index (χ2v) is 7.42. The van der Waals surface area contributed by atoms with Crippen LogP contribution in [0, 0.1) is 12.7 Å². The Morgan fingerprint density at radius 1 is 1.13 bits per heavy atom. The lowest BCUT2D eigenvalue weighted by Crippen LogP contribution is -2.14. The zero-order valence-corrected chi connectivity index (χ0v) is 17.8. The average Bonchev–Trinajstić information content (AvgIpc) is 3.07. The Hall–Kier alpha value is -3.07. The van der Waals surface area contributed by atoms with Gasteiger partial charge in [0.25, 0.3) is 0 Å². The molecular formula is C21H23FN4O3S. The zero-order chi connectivity index (χ0) is 21.5. The first-order valence-electron chi connectivity index (χ1n) is 9.39. The number of aromatic nitrogens is 3. The van der Waals surface area contributed by atoms with E-state index < -0.39 is 0 Å². The molecule has 1 amide bonds. The van der Waals surface area contributed by atoms with Crippen LogP contribution in [-0.4, -0.2) is 33.0 Å². The number of ether oxygens (including phenoxy) is 2. The van der Waals surface area contributed by atoms with Crippen molar-refractivity contribution < 1.29 is 18.7 Å². The number of halogens is 1. The average molecular weight is 431 g/mol. The first-order chi connectivity index (χ1) is 14.5. The van der Waals surface area contributed by atoms with Crippen molar-refractivity contribution in [2.75, 3.05) is 17.7 Å². The summed E-state index contributed by atoms with van der Waals surface area (Å²) >= 11 is 1.26. The van der Waals surface area contributed by atoms with Crippen LogP contribution in [0.25, 0.3) is 0 Å². The Morgan fingerprint density at radius 3 is 2.63 bits per heavy atom. The van der Waals surface area contributed by atoms with E-state index in [-0.39, 0.29) is 24.1 Å². The fourth-order valence-corrected chi connectivity index (χ4v) is 3.33. The van der Waals surface area contributed by atoms with Gasteiger partial charge in [-0.3, -0.25) is 4.79 Å². The van der Waals surface area contributed by atoms with Crippen LogP contribution in [0.2, 0.25) is 0 Å². The normalized spacial score (nSPS) is 10.7. The maximum atomic E-state index is 12.9. The minimum atomic E-state index is -0.352. The number of carbonyl (C=O) groups excluding carboxylic acids is 1. The molecule has 0 aliphatic heterocycles. The molecule has 30 heavy (non-hydrogen) atoms. The molecule has 0 bridgehead atoms. The molecule has 0 saturated carbocycles. The predicted octanol–water partition coefficient (Wildman–Crippen LogP) is 3.97. The first kappa shape index (κ1) is 21.6. The number of amides is 1. The van der Waals surface area contributed by atoms with E-state index in [2.05, 4.69) is 15.5 Å². The summed E-state index contributed by atoms with van der Waals surface area (Å²) in [6.07, 6.45) is 0. The van der Waals surface area contributed by atoms with Crippen molar-refractivity contribution in [1.82, 2.24) is 14.8 Å².